The molecular formula is C28H36N4O5S. The second-order valence-electron chi connectivity index (χ2n) is 10.4. The second kappa shape index (κ2) is 11.4. The summed E-state index contributed by atoms with van der Waals surface area (Å²) in [7, 11) is -0.0704. The average Bonchev–Trinajstić information content (AvgIpc) is 2.86. The zero-order chi connectivity index (χ0) is 28.3. The van der Waals surface area contributed by atoms with Gasteiger partial charge in [0.2, 0.25) is 5.91 Å². The maximum Gasteiger partial charge on any atom is 0.323 e. The van der Waals surface area contributed by atoms with Gasteiger partial charge in [0.1, 0.15) is 12.6 Å². The Hall–Kier alpha value is -3.63. The third kappa shape index (κ3) is 6.62. The van der Waals surface area contributed by atoms with E-state index in [4.69, 9.17) is 10.5 Å². The van der Waals surface area contributed by atoms with E-state index in [9.17, 15) is 18.0 Å². The minimum absolute atomic E-state index is 0.0773. The summed E-state index contributed by atoms with van der Waals surface area (Å²) in [5.74, 6) is -0.989. The maximum absolute atomic E-state index is 13.3. The highest BCUT2D eigenvalue weighted by Crippen LogP contribution is 2.31. The summed E-state index contributed by atoms with van der Waals surface area (Å²) in [5, 5.41) is 4.23. The number of hydrogen-bond donors (Lipinski definition) is 3. The van der Waals surface area contributed by atoms with Gasteiger partial charge in [-0.1, -0.05) is 38.1 Å². The molecule has 38 heavy (non-hydrogen) atoms. The van der Waals surface area contributed by atoms with Crippen molar-refractivity contribution in [3.63, 3.8) is 0 Å². The molecule has 0 aliphatic heterocycles. The molecule has 0 saturated carbocycles. The van der Waals surface area contributed by atoms with Crippen LogP contribution in [0.5, 0.6) is 0 Å². The van der Waals surface area contributed by atoms with Crippen LogP contribution in [-0.4, -0.2) is 47.0 Å². The predicted molar refractivity (Wildman–Crippen MR) is 152 cm³/mol. The molecule has 0 spiro atoms. The number of nitrogens with one attached hydrogen (secondary N) is 2. The van der Waals surface area contributed by atoms with Crippen LogP contribution in [0.4, 0.5) is 17.1 Å². The van der Waals surface area contributed by atoms with Gasteiger partial charge in [-0.2, -0.15) is 0 Å². The number of amides is 1. The summed E-state index contributed by atoms with van der Waals surface area (Å²) in [6.45, 7) is 6.82. The van der Waals surface area contributed by atoms with Gasteiger partial charge in [-0.05, 0) is 56.2 Å². The van der Waals surface area contributed by atoms with Gasteiger partial charge < -0.3 is 20.7 Å². The Bertz CT molecular complexity index is 1420. The van der Waals surface area contributed by atoms with Crippen molar-refractivity contribution in [1.29, 1.82) is 0 Å². The van der Waals surface area contributed by atoms with Crippen LogP contribution >= 0.6 is 0 Å². The van der Waals surface area contributed by atoms with E-state index in [2.05, 4.69) is 10.0 Å². The van der Waals surface area contributed by atoms with Gasteiger partial charge in [-0.3, -0.25) is 14.3 Å². The molecule has 10 heteroatoms. The fraction of sp³-hybridized carbons (Fsp3) is 0.357. The number of ether oxygens (including phenoxy) is 1. The predicted octanol–water partition coefficient (Wildman–Crippen LogP) is 4.20. The van der Waals surface area contributed by atoms with Gasteiger partial charge >= 0.3 is 5.97 Å². The molecule has 0 fully saturated rings. The number of fused-ring (bicyclic) bond motifs is 1. The van der Waals surface area contributed by atoms with Crippen LogP contribution in [0.1, 0.15) is 27.7 Å². The lowest BCUT2D eigenvalue weighted by Crippen LogP contribution is -2.41. The zero-order valence-corrected chi connectivity index (χ0v) is 23.4. The molecule has 0 aromatic heterocycles. The van der Waals surface area contributed by atoms with Crippen LogP contribution < -0.4 is 20.7 Å². The van der Waals surface area contributed by atoms with E-state index in [1.807, 2.05) is 51.0 Å². The first kappa shape index (κ1) is 28.9. The molecule has 0 aliphatic carbocycles. The van der Waals surface area contributed by atoms with Crippen molar-refractivity contribution in [1.82, 2.24) is 0 Å². The van der Waals surface area contributed by atoms with E-state index in [1.54, 1.807) is 56.3 Å². The molecule has 204 valence electrons. The van der Waals surface area contributed by atoms with E-state index in [1.165, 1.54) is 0 Å². The number of sulfonamides is 1. The second-order valence-corrected chi connectivity index (χ2v) is 12.1. The Kier molecular flexibility index (Phi) is 8.68. The summed E-state index contributed by atoms with van der Waals surface area (Å²) in [6.07, 6.45) is 0. The molecular weight excluding hydrogens is 504 g/mol. The Balaban J connectivity index is 1.71. The number of hydrogen-bond acceptors (Lipinski definition) is 7. The molecule has 1 atom stereocenters. The van der Waals surface area contributed by atoms with Crippen molar-refractivity contribution in [3.8, 4) is 0 Å². The lowest BCUT2D eigenvalue weighted by atomic mass is 9.93. The number of nitrogens with zero attached hydrogens (tertiary/aromatic N) is 1. The van der Waals surface area contributed by atoms with E-state index in [-0.39, 0.29) is 23.3 Å². The maximum atomic E-state index is 13.3. The summed E-state index contributed by atoms with van der Waals surface area (Å²) in [6, 6.07) is 16.3. The Morgan fingerprint density at radius 1 is 0.947 bits per heavy atom. The zero-order valence-electron chi connectivity index (χ0n) is 22.6. The standard InChI is InChI=1S/C28H36N4O5S/c1-18(2)25(29)26(33)37-17-28(3,4)27(34)30-19-13-15-20(16-14-19)31-38(35,36)24-12-8-9-21-22(24)10-7-11-23(21)32(5)6/h7-16,18,25,31H,17,29H2,1-6H3,(H,30,34). The molecule has 3 aromatic rings. The van der Waals surface area contributed by atoms with Crippen molar-refractivity contribution in [2.24, 2.45) is 17.1 Å². The van der Waals surface area contributed by atoms with E-state index >= 15 is 0 Å². The van der Waals surface area contributed by atoms with Crippen molar-refractivity contribution in [2.45, 2.75) is 38.6 Å². The van der Waals surface area contributed by atoms with Crippen LogP contribution in [0.15, 0.2) is 65.6 Å². The van der Waals surface area contributed by atoms with Gasteiger partial charge in [0, 0.05) is 41.9 Å². The van der Waals surface area contributed by atoms with Gasteiger partial charge in [0.15, 0.2) is 0 Å². The van der Waals surface area contributed by atoms with Crippen LogP contribution in [0, 0.1) is 11.3 Å². The quantitative estimate of drug-likeness (QED) is 0.329. The summed E-state index contributed by atoms with van der Waals surface area (Å²) in [4.78, 5) is 27.0. The molecule has 9 nitrogen and oxygen atoms in total. The lowest BCUT2D eigenvalue weighted by Gasteiger charge is -2.24. The van der Waals surface area contributed by atoms with Crippen molar-refractivity contribution in [3.05, 3.63) is 60.7 Å². The third-order valence-corrected chi connectivity index (χ3v) is 7.65. The van der Waals surface area contributed by atoms with Crippen LogP contribution in [-0.2, 0) is 24.3 Å². The number of benzene rings is 3. The number of nitrogens with two attached hydrogens (primary N) is 1. The fourth-order valence-electron chi connectivity index (χ4n) is 3.71. The molecule has 3 aromatic carbocycles. The first-order valence-electron chi connectivity index (χ1n) is 12.3. The van der Waals surface area contributed by atoms with Crippen LogP contribution in [0.2, 0.25) is 0 Å². The van der Waals surface area contributed by atoms with Gasteiger partial charge in [0.05, 0.1) is 10.3 Å². The largest absolute Gasteiger partial charge is 0.463 e. The topological polar surface area (TPSA) is 131 Å². The molecule has 0 aliphatic rings. The van der Waals surface area contributed by atoms with E-state index < -0.39 is 27.4 Å². The average molecular weight is 541 g/mol. The van der Waals surface area contributed by atoms with Gasteiger partial charge in [-0.25, -0.2) is 8.42 Å². The molecule has 0 saturated heterocycles. The minimum atomic E-state index is -3.88. The fourth-order valence-corrected chi connectivity index (χ4v) is 4.99. The number of anilines is 3. The number of carbonyl (C=O) groups is 2. The molecule has 3 rings (SSSR count). The Morgan fingerprint density at radius 2 is 1.53 bits per heavy atom. The monoisotopic (exact) mass is 540 g/mol. The van der Waals surface area contributed by atoms with E-state index in [0.717, 1.165) is 11.1 Å². The summed E-state index contributed by atoms with van der Waals surface area (Å²) in [5.41, 5.74) is 6.53. The van der Waals surface area contributed by atoms with Crippen molar-refractivity contribution in [2.75, 3.05) is 35.6 Å². The molecule has 4 N–H and O–H groups in total. The minimum Gasteiger partial charge on any atom is -0.463 e. The number of carbonyl (C=O) groups excluding carboxylic acids is 2. The molecule has 0 bridgehead atoms. The van der Waals surface area contributed by atoms with Crippen molar-refractivity contribution >= 4 is 49.7 Å². The smallest absolute Gasteiger partial charge is 0.323 e. The normalized spacial score (nSPS) is 12.7. The first-order chi connectivity index (χ1) is 17.7. The van der Waals surface area contributed by atoms with Gasteiger partial charge in [0.25, 0.3) is 10.0 Å². The highest BCUT2D eigenvalue weighted by Gasteiger charge is 2.31. The highest BCUT2D eigenvalue weighted by atomic mass is 32.2. The highest BCUT2D eigenvalue weighted by molar-refractivity contribution is 7.93. The van der Waals surface area contributed by atoms with Gasteiger partial charge in [-0.15, -0.1) is 0 Å². The number of esters is 1. The molecule has 1 amide bonds. The lowest BCUT2D eigenvalue weighted by molar-refractivity contribution is -0.150. The van der Waals surface area contributed by atoms with Crippen LogP contribution in [0.3, 0.4) is 0 Å². The van der Waals surface area contributed by atoms with E-state index in [0.29, 0.717) is 16.8 Å². The third-order valence-electron chi connectivity index (χ3n) is 6.21. The Labute approximate surface area is 224 Å². The van der Waals surface area contributed by atoms with Crippen LogP contribution in [0.25, 0.3) is 10.8 Å². The molecule has 0 heterocycles. The first-order valence-corrected chi connectivity index (χ1v) is 13.8. The number of rotatable bonds is 10. The van der Waals surface area contributed by atoms with Crippen molar-refractivity contribution < 1.29 is 22.7 Å². The summed E-state index contributed by atoms with van der Waals surface area (Å²) < 4.78 is 34.4. The Morgan fingerprint density at radius 3 is 2.13 bits per heavy atom. The molecule has 1 unspecified atom stereocenters. The SMILES string of the molecule is CC(C)C(N)C(=O)OCC(C)(C)C(=O)Nc1ccc(NS(=O)(=O)c2cccc3c(N(C)C)cccc23)cc1. The molecule has 0 radical (unpaired) electrons. The summed E-state index contributed by atoms with van der Waals surface area (Å²) >= 11 is 0.